The Labute approximate surface area is 154 Å². The molecular formula is C19H17N3O3S. The minimum Gasteiger partial charge on any atom is -0.454 e. The first-order chi connectivity index (χ1) is 12.7. The summed E-state index contributed by atoms with van der Waals surface area (Å²) >= 11 is 1.64. The molecule has 0 saturated carbocycles. The number of thiazole rings is 1. The van der Waals surface area contributed by atoms with Crippen LogP contribution in [0, 0.1) is 6.92 Å². The summed E-state index contributed by atoms with van der Waals surface area (Å²) in [6.07, 6.45) is 4.29. The highest BCUT2D eigenvalue weighted by Gasteiger charge is 2.16. The molecule has 132 valence electrons. The highest BCUT2D eigenvalue weighted by molar-refractivity contribution is 7.15. The second kappa shape index (κ2) is 7.13. The zero-order valence-corrected chi connectivity index (χ0v) is 15.0. The summed E-state index contributed by atoms with van der Waals surface area (Å²) in [5.41, 5.74) is 2.56. The lowest BCUT2D eigenvalue weighted by Gasteiger charge is -2.05. The molecule has 4 rings (SSSR count). The van der Waals surface area contributed by atoms with Crippen LogP contribution in [-0.4, -0.2) is 29.2 Å². The molecule has 1 aliphatic rings. The molecule has 2 aromatic heterocycles. The smallest absolute Gasteiger partial charge is 0.251 e. The number of rotatable bonds is 5. The third kappa shape index (κ3) is 3.39. The molecule has 6 nitrogen and oxygen atoms in total. The average Bonchev–Trinajstić information content (AvgIpc) is 3.28. The van der Waals surface area contributed by atoms with E-state index in [1.807, 2.05) is 25.3 Å². The van der Waals surface area contributed by atoms with E-state index in [-0.39, 0.29) is 12.7 Å². The topological polar surface area (TPSA) is 73.3 Å². The Morgan fingerprint density at radius 2 is 2.15 bits per heavy atom. The molecule has 0 aliphatic carbocycles. The highest BCUT2D eigenvalue weighted by atomic mass is 32.1. The first-order valence-electron chi connectivity index (χ1n) is 8.25. The van der Waals surface area contributed by atoms with Crippen molar-refractivity contribution < 1.29 is 14.3 Å². The number of aromatic nitrogens is 2. The van der Waals surface area contributed by atoms with E-state index in [1.165, 1.54) is 0 Å². The minimum atomic E-state index is -0.127. The van der Waals surface area contributed by atoms with Gasteiger partial charge in [-0.3, -0.25) is 9.78 Å². The number of fused-ring (bicyclic) bond motifs is 1. The van der Waals surface area contributed by atoms with Crippen molar-refractivity contribution in [3.63, 3.8) is 0 Å². The number of nitrogens with zero attached hydrogens (tertiary/aromatic N) is 2. The Kier molecular flexibility index (Phi) is 4.53. The van der Waals surface area contributed by atoms with E-state index in [4.69, 9.17) is 9.47 Å². The van der Waals surface area contributed by atoms with Gasteiger partial charge in [0.25, 0.3) is 5.91 Å². The van der Waals surface area contributed by atoms with Crippen molar-refractivity contribution in [1.82, 2.24) is 15.3 Å². The van der Waals surface area contributed by atoms with Crippen LogP contribution in [0.15, 0.2) is 42.7 Å². The molecule has 1 N–H and O–H groups in total. The minimum absolute atomic E-state index is 0.127. The largest absolute Gasteiger partial charge is 0.454 e. The molecular weight excluding hydrogens is 350 g/mol. The van der Waals surface area contributed by atoms with Gasteiger partial charge >= 0.3 is 0 Å². The molecule has 1 aromatic carbocycles. The number of amides is 1. The van der Waals surface area contributed by atoms with Crippen LogP contribution in [0.25, 0.3) is 10.6 Å². The third-order valence-corrected chi connectivity index (χ3v) is 5.34. The van der Waals surface area contributed by atoms with E-state index in [0.29, 0.717) is 23.6 Å². The maximum atomic E-state index is 12.3. The molecule has 1 amide bonds. The molecule has 0 radical (unpaired) electrons. The van der Waals surface area contributed by atoms with Gasteiger partial charge in [-0.05, 0) is 37.3 Å². The highest BCUT2D eigenvalue weighted by Crippen LogP contribution is 2.32. The third-order valence-electron chi connectivity index (χ3n) is 4.07. The van der Waals surface area contributed by atoms with E-state index < -0.39 is 0 Å². The Morgan fingerprint density at radius 1 is 1.27 bits per heavy atom. The van der Waals surface area contributed by atoms with Gasteiger partial charge in [-0.25, -0.2) is 4.98 Å². The van der Waals surface area contributed by atoms with Gasteiger partial charge in [0.15, 0.2) is 11.5 Å². The number of nitrogens with one attached hydrogen (secondary N) is 1. The zero-order chi connectivity index (χ0) is 17.9. The molecule has 3 heterocycles. The predicted octanol–water partition coefficient (Wildman–Crippen LogP) is 3.21. The van der Waals surface area contributed by atoms with Gasteiger partial charge in [0.05, 0.1) is 5.69 Å². The van der Waals surface area contributed by atoms with E-state index in [2.05, 4.69) is 15.3 Å². The molecule has 7 heteroatoms. The summed E-state index contributed by atoms with van der Waals surface area (Å²) in [5, 5.41) is 3.90. The number of hydrogen-bond acceptors (Lipinski definition) is 6. The Bertz CT molecular complexity index is 940. The fraction of sp³-hybridized carbons (Fsp3) is 0.211. The Balaban J connectivity index is 1.37. The lowest BCUT2D eigenvalue weighted by molar-refractivity contribution is 0.0953. The number of carbonyl (C=O) groups is 1. The normalized spacial score (nSPS) is 12.2. The summed E-state index contributed by atoms with van der Waals surface area (Å²) in [5.74, 6) is 1.15. The van der Waals surface area contributed by atoms with Gasteiger partial charge in [0, 0.05) is 41.4 Å². The van der Waals surface area contributed by atoms with Crippen LogP contribution in [0.2, 0.25) is 0 Å². The van der Waals surface area contributed by atoms with Crippen LogP contribution in [0.5, 0.6) is 11.5 Å². The average molecular weight is 367 g/mol. The quantitative estimate of drug-likeness (QED) is 0.750. The molecule has 0 fully saturated rings. The number of benzene rings is 1. The van der Waals surface area contributed by atoms with Gasteiger partial charge in [0.1, 0.15) is 5.01 Å². The van der Waals surface area contributed by atoms with Crippen LogP contribution in [0.1, 0.15) is 20.9 Å². The van der Waals surface area contributed by atoms with Crippen molar-refractivity contribution in [2.45, 2.75) is 13.3 Å². The SMILES string of the molecule is Cc1nc(-c2cccnc2)sc1CCNC(=O)c1ccc2c(c1)OCO2. The van der Waals surface area contributed by atoms with Crippen LogP contribution in [-0.2, 0) is 6.42 Å². The van der Waals surface area contributed by atoms with E-state index in [9.17, 15) is 4.79 Å². The fourth-order valence-electron chi connectivity index (χ4n) is 2.70. The second-order valence-corrected chi connectivity index (χ2v) is 6.93. The molecule has 0 saturated heterocycles. The van der Waals surface area contributed by atoms with Crippen molar-refractivity contribution in [1.29, 1.82) is 0 Å². The van der Waals surface area contributed by atoms with Gasteiger partial charge in [-0.2, -0.15) is 0 Å². The summed E-state index contributed by atoms with van der Waals surface area (Å²) < 4.78 is 10.6. The molecule has 1 aliphatic heterocycles. The lowest BCUT2D eigenvalue weighted by Crippen LogP contribution is -2.25. The summed E-state index contributed by atoms with van der Waals surface area (Å²) in [7, 11) is 0. The first kappa shape index (κ1) is 16.5. The summed E-state index contributed by atoms with van der Waals surface area (Å²) in [4.78, 5) is 22.2. The maximum Gasteiger partial charge on any atom is 0.251 e. The van der Waals surface area contributed by atoms with Crippen molar-refractivity contribution in [2.24, 2.45) is 0 Å². The van der Waals surface area contributed by atoms with Gasteiger partial charge in [-0.15, -0.1) is 11.3 Å². The van der Waals surface area contributed by atoms with Crippen LogP contribution < -0.4 is 14.8 Å². The number of ether oxygens (including phenoxy) is 2. The Hall–Kier alpha value is -2.93. The van der Waals surface area contributed by atoms with Crippen molar-refractivity contribution in [2.75, 3.05) is 13.3 Å². The van der Waals surface area contributed by atoms with E-state index >= 15 is 0 Å². The summed E-state index contributed by atoms with van der Waals surface area (Å²) in [6, 6.07) is 9.09. The number of pyridine rings is 1. The summed E-state index contributed by atoms with van der Waals surface area (Å²) in [6.45, 7) is 2.73. The Morgan fingerprint density at radius 3 is 3.00 bits per heavy atom. The van der Waals surface area contributed by atoms with Crippen molar-refractivity contribution in [3.05, 3.63) is 58.9 Å². The van der Waals surface area contributed by atoms with Gasteiger partial charge in [0.2, 0.25) is 6.79 Å². The van der Waals surface area contributed by atoms with E-state index in [1.54, 1.807) is 35.7 Å². The van der Waals surface area contributed by atoms with Crippen LogP contribution >= 0.6 is 11.3 Å². The predicted molar refractivity (Wildman–Crippen MR) is 98.7 cm³/mol. The number of aryl methyl sites for hydroxylation is 1. The van der Waals surface area contributed by atoms with Gasteiger partial charge < -0.3 is 14.8 Å². The molecule has 0 spiro atoms. The first-order valence-corrected chi connectivity index (χ1v) is 9.07. The zero-order valence-electron chi connectivity index (χ0n) is 14.2. The van der Waals surface area contributed by atoms with E-state index in [0.717, 1.165) is 27.6 Å². The van der Waals surface area contributed by atoms with Crippen molar-refractivity contribution >= 4 is 17.2 Å². The molecule has 0 unspecified atom stereocenters. The molecule has 0 bridgehead atoms. The fourth-order valence-corrected chi connectivity index (χ4v) is 3.75. The number of carbonyl (C=O) groups excluding carboxylic acids is 1. The van der Waals surface area contributed by atoms with Crippen LogP contribution in [0.4, 0.5) is 0 Å². The van der Waals surface area contributed by atoms with Crippen molar-refractivity contribution in [3.8, 4) is 22.1 Å². The lowest BCUT2D eigenvalue weighted by atomic mass is 10.2. The van der Waals surface area contributed by atoms with Crippen LogP contribution in [0.3, 0.4) is 0 Å². The monoisotopic (exact) mass is 367 g/mol. The second-order valence-electron chi connectivity index (χ2n) is 5.84. The van der Waals surface area contributed by atoms with Gasteiger partial charge in [-0.1, -0.05) is 0 Å². The molecule has 3 aromatic rings. The standard InChI is InChI=1S/C19H17N3O3S/c1-12-17(26-19(22-12)14-3-2-7-20-10-14)6-8-21-18(23)13-4-5-15-16(9-13)25-11-24-15/h2-5,7,9-10H,6,8,11H2,1H3,(H,21,23). The molecule has 26 heavy (non-hydrogen) atoms. The maximum absolute atomic E-state index is 12.3. The molecule has 0 atom stereocenters. The number of hydrogen-bond donors (Lipinski definition) is 1.